The fourth-order valence-corrected chi connectivity index (χ4v) is 11.4. The Bertz CT molecular complexity index is 1720. The average Bonchev–Trinajstić information content (AvgIpc) is 3.39. The summed E-state index contributed by atoms with van der Waals surface area (Å²) < 4.78 is 60.4. The summed E-state index contributed by atoms with van der Waals surface area (Å²) >= 11 is 0. The standard InChI is InChI=1S/C47H87N5O23/c1-5-6-7-8-9-20-23(11-53)69-45(31(50)34(20)60)74-42-28(16-58)71-47(33(38(42)64)52-19(4)59)75-39-25(13-55)66-22(29(48)35(39)61)10-21-17(2)18(3)44(68-24(21)12-54)72-41-27(15-57)70-46(32(51)37(41)63)73-40-26(14-56)67-43(65)30(49)36(40)62/h17-18,20-47,53-58,60-65H,5-16,48-51H2,1-4H3,(H,52,59). The van der Waals surface area contributed by atoms with Crippen LogP contribution < -0.4 is 28.3 Å². The molecule has 6 heterocycles. The Morgan fingerprint density at radius 1 is 0.467 bits per heavy atom. The van der Waals surface area contributed by atoms with Gasteiger partial charge in [0.2, 0.25) is 5.91 Å². The molecule has 75 heavy (non-hydrogen) atoms. The summed E-state index contributed by atoms with van der Waals surface area (Å²) in [7, 11) is 0. The summed E-state index contributed by atoms with van der Waals surface area (Å²) in [6, 6.07) is -6.49. The van der Waals surface area contributed by atoms with Gasteiger partial charge in [-0.1, -0.05) is 46.5 Å². The van der Waals surface area contributed by atoms with Crippen LogP contribution in [0, 0.1) is 23.7 Å². The van der Waals surface area contributed by atoms with Gasteiger partial charge in [-0.3, -0.25) is 4.79 Å². The second-order valence-electron chi connectivity index (χ2n) is 21.1. The molecular weight excluding hydrogens is 1000 g/mol. The third-order valence-electron chi connectivity index (χ3n) is 16.2. The van der Waals surface area contributed by atoms with Crippen LogP contribution in [0.5, 0.6) is 0 Å². The van der Waals surface area contributed by atoms with Gasteiger partial charge in [0.25, 0.3) is 0 Å². The van der Waals surface area contributed by atoms with Gasteiger partial charge in [-0.05, 0) is 24.7 Å². The molecule has 0 radical (unpaired) electrons. The Morgan fingerprint density at radius 2 is 0.893 bits per heavy atom. The van der Waals surface area contributed by atoms with E-state index in [2.05, 4.69) is 12.2 Å². The van der Waals surface area contributed by atoms with E-state index in [0.29, 0.717) is 6.42 Å². The van der Waals surface area contributed by atoms with Crippen molar-refractivity contribution in [3.8, 4) is 0 Å². The van der Waals surface area contributed by atoms with Gasteiger partial charge in [-0.2, -0.15) is 0 Å². The predicted octanol–water partition coefficient (Wildman–Crippen LogP) is -7.65. The number of nitrogens with one attached hydrogen (secondary N) is 1. The molecule has 6 aliphatic rings. The quantitative estimate of drug-likeness (QED) is 0.0448. The van der Waals surface area contributed by atoms with Crippen LogP contribution in [0.2, 0.25) is 0 Å². The van der Waals surface area contributed by atoms with E-state index in [-0.39, 0.29) is 12.3 Å². The molecule has 0 aromatic carbocycles. The van der Waals surface area contributed by atoms with Crippen LogP contribution in [0.3, 0.4) is 0 Å². The van der Waals surface area contributed by atoms with Crippen molar-refractivity contribution in [2.75, 3.05) is 39.6 Å². The molecule has 6 saturated heterocycles. The molecule has 6 rings (SSSR count). The molecule has 30 unspecified atom stereocenters. The summed E-state index contributed by atoms with van der Waals surface area (Å²) in [5.74, 6) is -2.53. The lowest BCUT2D eigenvalue weighted by Gasteiger charge is -2.51. The largest absolute Gasteiger partial charge is 0.394 e. The van der Waals surface area contributed by atoms with Gasteiger partial charge in [-0.25, -0.2) is 0 Å². The Kier molecular flexibility index (Phi) is 23.6. The number of hydrogen-bond acceptors (Lipinski definition) is 27. The van der Waals surface area contributed by atoms with E-state index >= 15 is 0 Å². The number of nitrogens with two attached hydrogens (primary N) is 4. The lowest BCUT2D eigenvalue weighted by Crippen LogP contribution is -2.70. The molecule has 6 fully saturated rings. The minimum absolute atomic E-state index is 0.0606. The highest BCUT2D eigenvalue weighted by Crippen LogP contribution is 2.42. The van der Waals surface area contributed by atoms with Gasteiger partial charge in [0.15, 0.2) is 31.5 Å². The Morgan fingerprint density at radius 3 is 1.44 bits per heavy atom. The number of unbranched alkanes of at least 4 members (excludes halogenated alkanes) is 3. The van der Waals surface area contributed by atoms with E-state index in [4.69, 9.17) is 70.3 Å². The van der Waals surface area contributed by atoms with Gasteiger partial charge < -0.3 is 137 Å². The lowest BCUT2D eigenvalue weighted by atomic mass is 9.73. The zero-order chi connectivity index (χ0) is 55.2. The maximum atomic E-state index is 12.6. The molecule has 28 heteroatoms. The molecule has 0 bridgehead atoms. The van der Waals surface area contributed by atoms with Crippen molar-refractivity contribution in [2.24, 2.45) is 46.6 Å². The van der Waals surface area contributed by atoms with Crippen molar-refractivity contribution in [3.63, 3.8) is 0 Å². The molecule has 1 amide bonds. The number of carbonyl (C=O) groups excluding carboxylic acids is 1. The lowest BCUT2D eigenvalue weighted by molar-refractivity contribution is -0.350. The molecule has 6 aliphatic heterocycles. The number of aliphatic hydroxyl groups is 12. The molecule has 0 spiro atoms. The molecule has 438 valence electrons. The van der Waals surface area contributed by atoms with Crippen molar-refractivity contribution < 1.29 is 113 Å². The van der Waals surface area contributed by atoms with E-state index in [9.17, 15) is 66.1 Å². The van der Waals surface area contributed by atoms with Crippen LogP contribution in [0.1, 0.15) is 66.2 Å². The number of rotatable bonds is 22. The van der Waals surface area contributed by atoms with E-state index < -0.39 is 223 Å². The SMILES string of the molecule is CCCCCCC1C(CO)OC(OC2C(CO)OC(OC3C(CO)OC(CC4C(CO)OC(OC5C(CO)OC(OC6C(CO)OC(O)C(N)C6O)C(N)C5O)C(C)C4C)C(N)C3O)C(NC(C)=O)C2O)C(N)C1O. The predicted molar refractivity (Wildman–Crippen MR) is 254 cm³/mol. The summed E-state index contributed by atoms with van der Waals surface area (Å²) in [6.45, 7) is 3.00. The van der Waals surface area contributed by atoms with Gasteiger partial charge in [0.05, 0.1) is 88.2 Å². The molecule has 0 aromatic heterocycles. The Labute approximate surface area is 435 Å². The summed E-state index contributed by atoms with van der Waals surface area (Å²) in [5, 5.41) is 132. The van der Waals surface area contributed by atoms with Crippen molar-refractivity contribution in [1.82, 2.24) is 5.32 Å². The maximum absolute atomic E-state index is 12.6. The molecule has 21 N–H and O–H groups in total. The number of hydrogen-bond donors (Lipinski definition) is 17. The minimum atomic E-state index is -1.70. The summed E-state index contributed by atoms with van der Waals surface area (Å²) in [6.07, 6.45) is -24.1. The molecule has 0 saturated carbocycles. The fraction of sp³-hybridized carbons (Fsp3) is 0.979. The summed E-state index contributed by atoms with van der Waals surface area (Å²) in [4.78, 5) is 12.6. The first-order valence-electron chi connectivity index (χ1n) is 26.3. The highest BCUT2D eigenvalue weighted by atomic mass is 16.8. The van der Waals surface area contributed by atoms with E-state index in [1.54, 1.807) is 6.92 Å². The van der Waals surface area contributed by atoms with E-state index in [1.165, 1.54) is 6.92 Å². The maximum Gasteiger partial charge on any atom is 0.217 e. The van der Waals surface area contributed by atoms with Gasteiger partial charge in [-0.15, -0.1) is 0 Å². The third-order valence-corrected chi connectivity index (χ3v) is 16.2. The first-order chi connectivity index (χ1) is 35.7. The third kappa shape index (κ3) is 14.0. The second kappa shape index (κ2) is 28.2. The van der Waals surface area contributed by atoms with Crippen LogP contribution in [0.15, 0.2) is 0 Å². The zero-order valence-electron chi connectivity index (χ0n) is 43.0. The second-order valence-corrected chi connectivity index (χ2v) is 21.1. The van der Waals surface area contributed by atoms with Gasteiger partial charge >= 0.3 is 0 Å². The number of ether oxygens (including phenoxy) is 10. The average molecular weight is 1090 g/mol. The highest BCUT2D eigenvalue weighted by Gasteiger charge is 2.56. The first kappa shape index (κ1) is 62.6. The van der Waals surface area contributed by atoms with E-state index in [0.717, 1.165) is 25.7 Å². The minimum Gasteiger partial charge on any atom is -0.394 e. The van der Waals surface area contributed by atoms with Crippen LogP contribution >= 0.6 is 0 Å². The summed E-state index contributed by atoms with van der Waals surface area (Å²) in [5.41, 5.74) is 25.3. The van der Waals surface area contributed by atoms with Crippen molar-refractivity contribution in [1.29, 1.82) is 0 Å². The monoisotopic (exact) mass is 1090 g/mol. The first-order valence-corrected chi connectivity index (χ1v) is 26.3. The van der Waals surface area contributed by atoms with Crippen LogP contribution in [-0.4, -0.2) is 266 Å². The van der Waals surface area contributed by atoms with Crippen molar-refractivity contribution >= 4 is 5.91 Å². The molecule has 30 atom stereocenters. The zero-order valence-corrected chi connectivity index (χ0v) is 43.0. The number of amides is 1. The molecule has 0 aromatic rings. The smallest absolute Gasteiger partial charge is 0.217 e. The van der Waals surface area contributed by atoms with Gasteiger partial charge in [0.1, 0.15) is 79.3 Å². The molecule has 28 nitrogen and oxygen atoms in total. The highest BCUT2D eigenvalue weighted by molar-refractivity contribution is 5.73. The topological polar surface area (TPSA) is 468 Å². The van der Waals surface area contributed by atoms with Gasteiger partial charge in [0, 0.05) is 18.8 Å². The Hall–Kier alpha value is -1.57. The fourth-order valence-electron chi connectivity index (χ4n) is 11.4. The van der Waals surface area contributed by atoms with Crippen LogP contribution in [-0.2, 0) is 52.2 Å². The van der Waals surface area contributed by atoms with Crippen molar-refractivity contribution in [2.45, 2.75) is 226 Å². The number of carbonyl (C=O) groups is 1. The van der Waals surface area contributed by atoms with E-state index in [1.807, 2.05) is 6.92 Å². The normalized spacial score (nSPS) is 48.9. The van der Waals surface area contributed by atoms with Crippen LogP contribution in [0.4, 0.5) is 0 Å². The van der Waals surface area contributed by atoms with Crippen molar-refractivity contribution in [3.05, 3.63) is 0 Å². The number of aliphatic hydroxyl groups excluding tert-OH is 12. The molecule has 0 aliphatic carbocycles. The van der Waals surface area contributed by atoms with Crippen LogP contribution in [0.25, 0.3) is 0 Å². The Balaban J connectivity index is 1.09. The molecular formula is C47H87N5O23.